The third-order valence-electron chi connectivity index (χ3n) is 5.58. The first-order valence-corrected chi connectivity index (χ1v) is 11.3. The van der Waals surface area contributed by atoms with Gasteiger partial charge in [-0.25, -0.2) is 4.68 Å². The molecule has 4 aromatic rings. The van der Waals surface area contributed by atoms with Crippen molar-refractivity contribution in [3.8, 4) is 17.0 Å². The molecule has 6 nitrogen and oxygen atoms in total. The number of hydrogen-bond acceptors (Lipinski definition) is 4. The van der Waals surface area contributed by atoms with Gasteiger partial charge in [0.05, 0.1) is 18.3 Å². The summed E-state index contributed by atoms with van der Waals surface area (Å²) in [6.07, 6.45) is 0. The Balaban J connectivity index is 1.60. The minimum atomic E-state index is -0.801. The topological polar surface area (TPSA) is 73.2 Å². The van der Waals surface area contributed by atoms with Crippen molar-refractivity contribution in [1.29, 1.82) is 0 Å². The summed E-state index contributed by atoms with van der Waals surface area (Å²) >= 11 is 0. The molecular weight excluding hydrogens is 426 g/mol. The number of nitrogens with one attached hydrogen (secondary N) is 1. The number of carbonyl (C=O) groups is 1. The average molecular weight is 454 g/mol. The van der Waals surface area contributed by atoms with Gasteiger partial charge in [-0.3, -0.25) is 9.59 Å². The van der Waals surface area contributed by atoms with Crippen LogP contribution in [0.25, 0.3) is 11.3 Å². The van der Waals surface area contributed by atoms with Gasteiger partial charge in [0.2, 0.25) is 5.91 Å². The summed E-state index contributed by atoms with van der Waals surface area (Å²) in [5.41, 5.74) is 3.00. The summed E-state index contributed by atoms with van der Waals surface area (Å²) in [5.74, 6) is 0.469. The van der Waals surface area contributed by atoms with Gasteiger partial charge in [0.1, 0.15) is 11.8 Å². The molecule has 0 spiro atoms. The molecule has 1 N–H and O–H groups in total. The van der Waals surface area contributed by atoms with Gasteiger partial charge in [-0.15, -0.1) is 0 Å². The lowest BCUT2D eigenvalue weighted by Gasteiger charge is -2.22. The zero-order chi connectivity index (χ0) is 23.9. The molecule has 0 bridgehead atoms. The maximum Gasteiger partial charge on any atom is 0.267 e. The van der Waals surface area contributed by atoms with E-state index in [-0.39, 0.29) is 17.5 Å². The van der Waals surface area contributed by atoms with Crippen molar-refractivity contribution in [3.63, 3.8) is 0 Å². The van der Waals surface area contributed by atoms with Crippen molar-refractivity contribution in [2.75, 3.05) is 6.61 Å². The Bertz CT molecular complexity index is 1250. The maximum atomic E-state index is 13.3. The van der Waals surface area contributed by atoms with Gasteiger partial charge in [-0.2, -0.15) is 5.10 Å². The highest BCUT2D eigenvalue weighted by Gasteiger charge is 2.23. The predicted octanol–water partition coefficient (Wildman–Crippen LogP) is 4.78. The van der Waals surface area contributed by atoms with E-state index in [9.17, 15) is 9.59 Å². The van der Waals surface area contributed by atoms with Crippen LogP contribution in [0.3, 0.4) is 0 Å². The molecule has 34 heavy (non-hydrogen) atoms. The predicted molar refractivity (Wildman–Crippen MR) is 133 cm³/mol. The number of carbonyl (C=O) groups excluding carboxylic acids is 1. The zero-order valence-electron chi connectivity index (χ0n) is 19.2. The fourth-order valence-corrected chi connectivity index (χ4v) is 3.77. The average Bonchev–Trinajstić information content (AvgIpc) is 2.89. The molecule has 172 valence electrons. The third kappa shape index (κ3) is 5.23. The Morgan fingerprint density at radius 2 is 1.47 bits per heavy atom. The Hall–Kier alpha value is -4.19. The van der Waals surface area contributed by atoms with Gasteiger partial charge in [-0.05, 0) is 55.3 Å². The molecule has 1 heterocycles. The molecule has 0 aliphatic rings. The second-order valence-corrected chi connectivity index (χ2v) is 7.90. The standard InChI is InChI=1S/C28H27N3O3/c1-3-34-24-16-14-21(15-17-24)25-18-19-26(32)31(30-25)20(2)28(33)29-27(22-10-6-4-7-11-22)23-12-8-5-9-13-23/h4-20,27H,3H2,1-2H3,(H,29,33). The molecule has 0 radical (unpaired) electrons. The van der Waals surface area contributed by atoms with Crippen LogP contribution in [0.2, 0.25) is 0 Å². The van der Waals surface area contributed by atoms with Crippen molar-refractivity contribution in [1.82, 2.24) is 15.1 Å². The molecule has 3 aromatic carbocycles. The number of ether oxygens (including phenoxy) is 1. The first-order chi connectivity index (χ1) is 16.6. The molecular formula is C28H27N3O3. The third-order valence-corrected chi connectivity index (χ3v) is 5.58. The lowest BCUT2D eigenvalue weighted by Crippen LogP contribution is -2.39. The highest BCUT2D eigenvalue weighted by atomic mass is 16.5. The van der Waals surface area contributed by atoms with Gasteiger partial charge in [0.25, 0.3) is 5.56 Å². The molecule has 0 aliphatic heterocycles. The molecule has 1 atom stereocenters. The van der Waals surface area contributed by atoms with Crippen molar-refractivity contribution in [2.45, 2.75) is 25.9 Å². The Morgan fingerprint density at radius 3 is 2.03 bits per heavy atom. The van der Waals surface area contributed by atoms with Crippen LogP contribution in [0.4, 0.5) is 0 Å². The monoisotopic (exact) mass is 453 g/mol. The van der Waals surface area contributed by atoms with Crippen molar-refractivity contribution < 1.29 is 9.53 Å². The van der Waals surface area contributed by atoms with Crippen LogP contribution >= 0.6 is 0 Å². The minimum absolute atomic E-state index is 0.295. The van der Waals surface area contributed by atoms with Crippen LogP contribution < -0.4 is 15.6 Å². The fourth-order valence-electron chi connectivity index (χ4n) is 3.77. The lowest BCUT2D eigenvalue weighted by molar-refractivity contribution is -0.124. The zero-order valence-corrected chi connectivity index (χ0v) is 19.2. The number of hydrogen-bond donors (Lipinski definition) is 1. The molecule has 1 unspecified atom stereocenters. The van der Waals surface area contributed by atoms with E-state index in [1.807, 2.05) is 91.9 Å². The van der Waals surface area contributed by atoms with Crippen LogP contribution in [0.5, 0.6) is 5.75 Å². The number of rotatable bonds is 8. The van der Waals surface area contributed by atoms with Crippen LogP contribution in [0.15, 0.2) is 102 Å². The van der Waals surface area contributed by atoms with Crippen molar-refractivity contribution in [3.05, 3.63) is 119 Å². The number of aromatic nitrogens is 2. The fraction of sp³-hybridized carbons (Fsp3) is 0.179. The van der Waals surface area contributed by atoms with Crippen LogP contribution in [0.1, 0.15) is 37.1 Å². The molecule has 0 saturated heterocycles. The smallest absolute Gasteiger partial charge is 0.267 e. The van der Waals surface area contributed by atoms with E-state index < -0.39 is 6.04 Å². The quantitative estimate of drug-likeness (QED) is 0.417. The first kappa shape index (κ1) is 23.0. The summed E-state index contributed by atoms with van der Waals surface area (Å²) in [5, 5.41) is 7.60. The molecule has 4 rings (SSSR count). The van der Waals surface area contributed by atoms with E-state index in [0.29, 0.717) is 12.3 Å². The number of amides is 1. The second-order valence-electron chi connectivity index (χ2n) is 7.90. The van der Waals surface area contributed by atoms with Crippen molar-refractivity contribution >= 4 is 5.91 Å². The molecule has 1 amide bonds. The second kappa shape index (κ2) is 10.6. The largest absolute Gasteiger partial charge is 0.494 e. The maximum absolute atomic E-state index is 13.3. The van der Waals surface area contributed by atoms with Gasteiger partial charge in [0.15, 0.2) is 0 Å². The van der Waals surface area contributed by atoms with E-state index in [4.69, 9.17) is 4.74 Å². The highest BCUT2D eigenvalue weighted by Crippen LogP contribution is 2.23. The molecule has 6 heteroatoms. The van der Waals surface area contributed by atoms with E-state index in [2.05, 4.69) is 10.4 Å². The number of nitrogens with zero attached hydrogens (tertiary/aromatic N) is 2. The molecule has 0 fully saturated rings. The van der Waals surface area contributed by atoms with E-state index in [1.165, 1.54) is 10.7 Å². The molecule has 0 aliphatic carbocycles. The van der Waals surface area contributed by atoms with Crippen molar-refractivity contribution in [2.24, 2.45) is 0 Å². The van der Waals surface area contributed by atoms with E-state index >= 15 is 0 Å². The van der Waals surface area contributed by atoms with Gasteiger partial charge >= 0.3 is 0 Å². The SMILES string of the molecule is CCOc1ccc(-c2ccc(=O)n(C(C)C(=O)NC(c3ccccc3)c3ccccc3)n2)cc1. The van der Waals surface area contributed by atoms with Crippen LogP contribution in [-0.4, -0.2) is 22.3 Å². The highest BCUT2D eigenvalue weighted by molar-refractivity contribution is 5.80. The van der Waals surface area contributed by atoms with E-state index in [1.54, 1.807) is 13.0 Å². The Labute approximate surface area is 198 Å². The normalized spacial score (nSPS) is 11.7. The summed E-state index contributed by atoms with van der Waals surface area (Å²) in [7, 11) is 0. The van der Waals surface area contributed by atoms with E-state index in [0.717, 1.165) is 22.4 Å². The summed E-state index contributed by atoms with van der Waals surface area (Å²) < 4.78 is 6.72. The van der Waals surface area contributed by atoms with Crippen LogP contribution in [0, 0.1) is 0 Å². The lowest BCUT2D eigenvalue weighted by atomic mass is 9.98. The number of benzene rings is 3. The Kier molecular flexibility index (Phi) is 7.18. The van der Waals surface area contributed by atoms with Gasteiger partial charge in [0, 0.05) is 11.6 Å². The van der Waals surface area contributed by atoms with Crippen LogP contribution in [-0.2, 0) is 4.79 Å². The summed E-state index contributed by atoms with van der Waals surface area (Å²) in [4.78, 5) is 25.9. The summed E-state index contributed by atoms with van der Waals surface area (Å²) in [6, 6.07) is 28.9. The van der Waals surface area contributed by atoms with Gasteiger partial charge < -0.3 is 10.1 Å². The molecule has 0 saturated carbocycles. The minimum Gasteiger partial charge on any atom is -0.494 e. The molecule has 1 aromatic heterocycles. The first-order valence-electron chi connectivity index (χ1n) is 11.3. The Morgan fingerprint density at radius 1 is 0.882 bits per heavy atom. The van der Waals surface area contributed by atoms with Gasteiger partial charge in [-0.1, -0.05) is 60.7 Å². The summed E-state index contributed by atoms with van der Waals surface area (Å²) in [6.45, 7) is 4.19.